The van der Waals surface area contributed by atoms with Gasteiger partial charge in [0.1, 0.15) is 6.29 Å². The first kappa shape index (κ1) is 11.2. The van der Waals surface area contributed by atoms with E-state index in [0.29, 0.717) is 24.9 Å². The molecule has 0 radical (unpaired) electrons. The molecule has 0 aliphatic carbocycles. The Morgan fingerprint density at radius 1 is 1.44 bits per heavy atom. The molecule has 2 atom stereocenters. The number of hydrogen-bond donors (Lipinski definition) is 1. The van der Waals surface area contributed by atoms with E-state index in [0.717, 1.165) is 12.4 Å². The Kier molecular flexibility index (Phi) is 3.29. The van der Waals surface area contributed by atoms with Crippen LogP contribution in [0.4, 0.5) is 8.78 Å². The van der Waals surface area contributed by atoms with Gasteiger partial charge in [-0.05, 0) is 36.9 Å². The van der Waals surface area contributed by atoms with Crippen molar-refractivity contribution in [3.05, 3.63) is 35.4 Å². The normalized spacial score (nSPS) is 24.6. The van der Waals surface area contributed by atoms with Crippen molar-refractivity contribution in [1.29, 1.82) is 0 Å². The SMILES string of the molecule is O=C[C@@H]1C[C@H](Cc2cccc(F)c2F)CN1. The fourth-order valence-corrected chi connectivity index (χ4v) is 2.12. The van der Waals surface area contributed by atoms with Gasteiger partial charge in [0, 0.05) is 0 Å². The molecule has 1 fully saturated rings. The zero-order chi connectivity index (χ0) is 11.5. The molecule has 2 rings (SSSR count). The first-order valence-corrected chi connectivity index (χ1v) is 5.32. The summed E-state index contributed by atoms with van der Waals surface area (Å²) in [5, 5.41) is 3.03. The summed E-state index contributed by atoms with van der Waals surface area (Å²) in [6.45, 7) is 0.680. The van der Waals surface area contributed by atoms with Gasteiger partial charge in [-0.2, -0.15) is 0 Å². The van der Waals surface area contributed by atoms with Gasteiger partial charge in [-0.1, -0.05) is 12.1 Å². The van der Waals surface area contributed by atoms with Crippen LogP contribution in [0.2, 0.25) is 0 Å². The standard InChI is InChI=1S/C12H13F2NO/c13-11-3-1-2-9(12(11)14)4-8-5-10(7-16)15-6-8/h1-3,7-8,10,15H,4-6H2/t8-,10-/m0/s1. The summed E-state index contributed by atoms with van der Waals surface area (Å²) in [5.41, 5.74) is 0.387. The van der Waals surface area contributed by atoms with E-state index < -0.39 is 11.6 Å². The maximum absolute atomic E-state index is 13.4. The van der Waals surface area contributed by atoms with Crippen molar-refractivity contribution in [3.8, 4) is 0 Å². The minimum Gasteiger partial charge on any atom is -0.307 e. The Labute approximate surface area is 92.7 Å². The zero-order valence-corrected chi connectivity index (χ0v) is 8.75. The van der Waals surface area contributed by atoms with Crippen LogP contribution in [-0.4, -0.2) is 18.9 Å². The van der Waals surface area contributed by atoms with Crippen LogP contribution in [0.25, 0.3) is 0 Å². The Balaban J connectivity index is 2.04. The lowest BCUT2D eigenvalue weighted by molar-refractivity contribution is -0.109. The van der Waals surface area contributed by atoms with Crippen molar-refractivity contribution in [2.75, 3.05) is 6.54 Å². The van der Waals surface area contributed by atoms with E-state index in [4.69, 9.17) is 0 Å². The minimum absolute atomic E-state index is 0.137. The Morgan fingerprint density at radius 3 is 2.94 bits per heavy atom. The van der Waals surface area contributed by atoms with E-state index in [1.54, 1.807) is 6.07 Å². The first-order chi connectivity index (χ1) is 7.70. The average Bonchev–Trinajstić information content (AvgIpc) is 2.73. The summed E-state index contributed by atoms with van der Waals surface area (Å²) in [5.74, 6) is -1.38. The van der Waals surface area contributed by atoms with Crippen molar-refractivity contribution in [2.45, 2.75) is 18.9 Å². The van der Waals surface area contributed by atoms with Crippen molar-refractivity contribution in [2.24, 2.45) is 5.92 Å². The van der Waals surface area contributed by atoms with Gasteiger partial charge in [-0.15, -0.1) is 0 Å². The van der Waals surface area contributed by atoms with Gasteiger partial charge < -0.3 is 10.1 Å². The lowest BCUT2D eigenvalue weighted by Gasteiger charge is -2.09. The van der Waals surface area contributed by atoms with Crippen LogP contribution in [-0.2, 0) is 11.2 Å². The van der Waals surface area contributed by atoms with E-state index in [-0.39, 0.29) is 12.0 Å². The molecule has 1 aromatic carbocycles. The molecule has 1 aliphatic rings. The van der Waals surface area contributed by atoms with Crippen LogP contribution in [0.5, 0.6) is 0 Å². The van der Waals surface area contributed by atoms with Crippen LogP contribution in [0.15, 0.2) is 18.2 Å². The molecule has 1 aliphatic heterocycles. The highest BCUT2D eigenvalue weighted by molar-refractivity contribution is 5.58. The number of aldehydes is 1. The molecule has 1 saturated heterocycles. The number of benzene rings is 1. The summed E-state index contributed by atoms with van der Waals surface area (Å²) >= 11 is 0. The Bertz CT molecular complexity index is 395. The van der Waals surface area contributed by atoms with Crippen LogP contribution >= 0.6 is 0 Å². The van der Waals surface area contributed by atoms with Gasteiger partial charge in [0.25, 0.3) is 0 Å². The highest BCUT2D eigenvalue weighted by Crippen LogP contribution is 2.21. The van der Waals surface area contributed by atoms with E-state index >= 15 is 0 Å². The Morgan fingerprint density at radius 2 is 2.25 bits per heavy atom. The van der Waals surface area contributed by atoms with Gasteiger partial charge in [0.2, 0.25) is 0 Å². The van der Waals surface area contributed by atoms with E-state index in [2.05, 4.69) is 5.32 Å². The molecule has 0 amide bonds. The highest BCUT2D eigenvalue weighted by atomic mass is 19.2. The third kappa shape index (κ3) is 2.27. The molecule has 2 nitrogen and oxygen atoms in total. The Hall–Kier alpha value is -1.29. The summed E-state index contributed by atoms with van der Waals surface area (Å²) in [7, 11) is 0. The molecular weight excluding hydrogens is 212 g/mol. The lowest BCUT2D eigenvalue weighted by Crippen LogP contribution is -2.22. The van der Waals surface area contributed by atoms with Crippen molar-refractivity contribution >= 4 is 6.29 Å². The maximum Gasteiger partial charge on any atom is 0.162 e. The molecule has 0 aromatic heterocycles. The lowest BCUT2D eigenvalue weighted by atomic mass is 9.96. The number of carbonyl (C=O) groups is 1. The van der Waals surface area contributed by atoms with Crippen molar-refractivity contribution in [3.63, 3.8) is 0 Å². The van der Waals surface area contributed by atoms with E-state index in [1.807, 2.05) is 0 Å². The molecule has 4 heteroatoms. The van der Waals surface area contributed by atoms with Crippen LogP contribution in [0.3, 0.4) is 0 Å². The summed E-state index contributed by atoms with van der Waals surface area (Å²) in [4.78, 5) is 10.5. The van der Waals surface area contributed by atoms with Crippen LogP contribution in [0.1, 0.15) is 12.0 Å². The smallest absolute Gasteiger partial charge is 0.162 e. The van der Waals surface area contributed by atoms with Gasteiger partial charge in [-0.25, -0.2) is 8.78 Å². The van der Waals surface area contributed by atoms with Gasteiger partial charge >= 0.3 is 0 Å². The van der Waals surface area contributed by atoms with Crippen molar-refractivity contribution < 1.29 is 13.6 Å². The quantitative estimate of drug-likeness (QED) is 0.793. The summed E-state index contributed by atoms with van der Waals surface area (Å²) < 4.78 is 26.3. The summed E-state index contributed by atoms with van der Waals surface area (Å²) in [6.07, 6.45) is 2.03. The van der Waals surface area contributed by atoms with Crippen molar-refractivity contribution in [1.82, 2.24) is 5.32 Å². The molecule has 0 spiro atoms. The molecule has 1 N–H and O–H groups in total. The minimum atomic E-state index is -0.810. The second-order valence-corrected chi connectivity index (χ2v) is 4.17. The fourth-order valence-electron chi connectivity index (χ4n) is 2.12. The first-order valence-electron chi connectivity index (χ1n) is 5.32. The number of nitrogens with one attached hydrogen (secondary N) is 1. The van der Waals surface area contributed by atoms with E-state index in [1.165, 1.54) is 6.07 Å². The maximum atomic E-state index is 13.4. The summed E-state index contributed by atoms with van der Waals surface area (Å²) in [6, 6.07) is 4.07. The molecule has 16 heavy (non-hydrogen) atoms. The second kappa shape index (κ2) is 4.70. The van der Waals surface area contributed by atoms with Gasteiger partial charge in [0.15, 0.2) is 11.6 Å². The molecule has 1 heterocycles. The van der Waals surface area contributed by atoms with Gasteiger partial charge in [-0.3, -0.25) is 0 Å². The molecular formula is C12H13F2NO. The highest BCUT2D eigenvalue weighted by Gasteiger charge is 2.24. The van der Waals surface area contributed by atoms with Gasteiger partial charge in [0.05, 0.1) is 6.04 Å². The number of rotatable bonds is 3. The third-order valence-corrected chi connectivity index (χ3v) is 2.96. The topological polar surface area (TPSA) is 29.1 Å². The number of halogens is 2. The predicted molar refractivity (Wildman–Crippen MR) is 56.0 cm³/mol. The average molecular weight is 225 g/mol. The zero-order valence-electron chi connectivity index (χ0n) is 8.75. The second-order valence-electron chi connectivity index (χ2n) is 4.17. The molecule has 1 aromatic rings. The number of carbonyl (C=O) groups excluding carboxylic acids is 1. The molecule has 86 valence electrons. The van der Waals surface area contributed by atoms with E-state index in [9.17, 15) is 13.6 Å². The monoisotopic (exact) mass is 225 g/mol. The van der Waals surface area contributed by atoms with Crippen LogP contribution in [0, 0.1) is 17.6 Å². The molecule has 0 unspecified atom stereocenters. The van der Waals surface area contributed by atoms with Crippen LogP contribution < -0.4 is 5.32 Å². The largest absolute Gasteiger partial charge is 0.307 e. The molecule has 0 bridgehead atoms. The molecule has 0 saturated carbocycles. The number of hydrogen-bond acceptors (Lipinski definition) is 2. The third-order valence-electron chi connectivity index (χ3n) is 2.96. The fraction of sp³-hybridized carbons (Fsp3) is 0.417. The predicted octanol–water partition coefficient (Wildman–Crippen LogP) is 1.68.